The average molecular weight is 273 g/mol. The topological polar surface area (TPSA) is 32.3 Å². The zero-order chi connectivity index (χ0) is 13.2. The van der Waals surface area contributed by atoms with Gasteiger partial charge in [0, 0.05) is 12.6 Å². The molecular weight excluding hydrogens is 254 g/mol. The van der Waals surface area contributed by atoms with Gasteiger partial charge in [0.2, 0.25) is 0 Å². The Balaban J connectivity index is 1.67. The Morgan fingerprint density at radius 3 is 3.00 bits per heavy atom. The van der Waals surface area contributed by atoms with E-state index < -0.39 is 6.10 Å². The van der Waals surface area contributed by atoms with E-state index in [2.05, 4.69) is 36.5 Å². The van der Waals surface area contributed by atoms with Gasteiger partial charge in [-0.1, -0.05) is 31.2 Å². The summed E-state index contributed by atoms with van der Waals surface area (Å²) in [6.07, 6.45) is 0.716. The van der Waals surface area contributed by atoms with Gasteiger partial charge >= 0.3 is 0 Å². The number of rotatable bonds is 4. The van der Waals surface area contributed by atoms with Gasteiger partial charge in [0.15, 0.2) is 0 Å². The quantitative estimate of drug-likeness (QED) is 0.896. The molecule has 2 aromatic rings. The van der Waals surface area contributed by atoms with Crippen LogP contribution in [-0.2, 0) is 6.42 Å². The highest BCUT2D eigenvalue weighted by Crippen LogP contribution is 2.35. The van der Waals surface area contributed by atoms with Gasteiger partial charge in [-0.3, -0.25) is 0 Å². The van der Waals surface area contributed by atoms with Gasteiger partial charge < -0.3 is 10.4 Å². The third-order valence-corrected chi connectivity index (χ3v) is 4.66. The van der Waals surface area contributed by atoms with Crippen LogP contribution in [0.15, 0.2) is 41.1 Å². The van der Waals surface area contributed by atoms with Crippen molar-refractivity contribution in [3.63, 3.8) is 0 Å². The zero-order valence-corrected chi connectivity index (χ0v) is 11.9. The predicted molar refractivity (Wildman–Crippen MR) is 79.3 cm³/mol. The molecule has 1 aromatic carbocycles. The number of hydrogen-bond donors (Lipinski definition) is 2. The third-order valence-electron chi connectivity index (χ3n) is 3.96. The minimum Gasteiger partial charge on any atom is -0.387 e. The molecule has 0 saturated carbocycles. The van der Waals surface area contributed by atoms with E-state index in [1.165, 1.54) is 11.1 Å². The summed E-state index contributed by atoms with van der Waals surface area (Å²) in [5, 5.41) is 17.7. The molecule has 0 aliphatic heterocycles. The molecule has 0 radical (unpaired) electrons. The van der Waals surface area contributed by atoms with E-state index in [-0.39, 0.29) is 0 Å². The van der Waals surface area contributed by atoms with E-state index >= 15 is 0 Å². The van der Waals surface area contributed by atoms with Gasteiger partial charge in [0.05, 0.1) is 6.10 Å². The summed E-state index contributed by atoms with van der Waals surface area (Å²) in [7, 11) is 0. The van der Waals surface area contributed by atoms with Crippen LogP contribution in [0, 0.1) is 5.92 Å². The summed E-state index contributed by atoms with van der Waals surface area (Å²) in [5.74, 6) is 0.590. The summed E-state index contributed by atoms with van der Waals surface area (Å²) >= 11 is 1.63. The summed E-state index contributed by atoms with van der Waals surface area (Å²) in [4.78, 5) is 0. The van der Waals surface area contributed by atoms with Crippen molar-refractivity contribution in [3.05, 3.63) is 57.8 Å². The smallest absolute Gasteiger partial charge is 0.0922 e. The van der Waals surface area contributed by atoms with Crippen LogP contribution in [-0.4, -0.2) is 11.7 Å². The summed E-state index contributed by atoms with van der Waals surface area (Å²) in [6.45, 7) is 2.88. The highest BCUT2D eigenvalue weighted by Gasteiger charge is 2.28. The van der Waals surface area contributed by atoms with Crippen LogP contribution in [0.25, 0.3) is 0 Å². The van der Waals surface area contributed by atoms with Crippen LogP contribution < -0.4 is 5.32 Å². The number of aliphatic hydroxyl groups is 1. The molecule has 1 heterocycles. The first-order valence-electron chi connectivity index (χ1n) is 6.77. The van der Waals surface area contributed by atoms with Crippen LogP contribution in [0.5, 0.6) is 0 Å². The number of benzene rings is 1. The maximum Gasteiger partial charge on any atom is 0.0922 e. The van der Waals surface area contributed by atoms with Crippen molar-refractivity contribution in [3.8, 4) is 0 Å². The highest BCUT2D eigenvalue weighted by molar-refractivity contribution is 7.07. The largest absolute Gasteiger partial charge is 0.387 e. The van der Waals surface area contributed by atoms with E-state index in [9.17, 15) is 5.11 Å². The molecule has 0 amide bonds. The molecule has 0 bridgehead atoms. The molecule has 3 heteroatoms. The highest BCUT2D eigenvalue weighted by atomic mass is 32.1. The fourth-order valence-electron chi connectivity index (χ4n) is 2.93. The average Bonchev–Trinajstić information content (AvgIpc) is 3.03. The lowest BCUT2D eigenvalue weighted by atomic mass is 10.0. The number of aliphatic hydroxyl groups excluding tert-OH is 1. The lowest BCUT2D eigenvalue weighted by molar-refractivity contribution is 0.166. The molecule has 1 aliphatic carbocycles. The molecule has 0 spiro atoms. The lowest BCUT2D eigenvalue weighted by Crippen LogP contribution is -2.28. The van der Waals surface area contributed by atoms with Crippen LogP contribution in [0.3, 0.4) is 0 Å². The van der Waals surface area contributed by atoms with Gasteiger partial charge in [-0.05, 0) is 45.9 Å². The minimum absolute atomic E-state index is 0.365. The monoisotopic (exact) mass is 273 g/mol. The summed E-state index contributed by atoms with van der Waals surface area (Å²) in [5.41, 5.74) is 3.85. The van der Waals surface area contributed by atoms with Gasteiger partial charge in [0.1, 0.15) is 0 Å². The number of nitrogens with one attached hydrogen (secondary N) is 1. The van der Waals surface area contributed by atoms with Gasteiger partial charge in [-0.15, -0.1) is 0 Å². The Labute approximate surface area is 118 Å². The van der Waals surface area contributed by atoms with Crippen LogP contribution in [0.4, 0.5) is 0 Å². The van der Waals surface area contributed by atoms with Crippen molar-refractivity contribution < 1.29 is 5.11 Å². The van der Waals surface area contributed by atoms with Gasteiger partial charge in [-0.25, -0.2) is 0 Å². The molecule has 3 unspecified atom stereocenters. The molecule has 1 aliphatic rings. The minimum atomic E-state index is -0.411. The molecule has 3 atom stereocenters. The number of fused-ring (bicyclic) bond motifs is 1. The molecule has 100 valence electrons. The second-order valence-corrected chi connectivity index (χ2v) is 6.12. The Bertz CT molecular complexity index is 537. The maximum absolute atomic E-state index is 10.1. The number of hydrogen-bond acceptors (Lipinski definition) is 3. The van der Waals surface area contributed by atoms with Gasteiger partial charge in [-0.2, -0.15) is 11.3 Å². The SMILES string of the molecule is CC1Cc2ccccc2C1NCC(O)c1ccsc1. The fourth-order valence-corrected chi connectivity index (χ4v) is 3.63. The first-order valence-corrected chi connectivity index (χ1v) is 7.71. The first-order chi connectivity index (χ1) is 9.25. The Hall–Kier alpha value is -1.16. The second-order valence-electron chi connectivity index (χ2n) is 5.34. The van der Waals surface area contributed by atoms with Crippen molar-refractivity contribution in [2.75, 3.05) is 6.54 Å². The summed E-state index contributed by atoms with van der Waals surface area (Å²) in [6, 6.07) is 11.0. The van der Waals surface area contributed by atoms with Crippen molar-refractivity contribution in [1.82, 2.24) is 5.32 Å². The Morgan fingerprint density at radius 1 is 1.37 bits per heavy atom. The van der Waals surface area contributed by atoms with Crippen LogP contribution in [0.1, 0.15) is 35.8 Å². The van der Waals surface area contributed by atoms with E-state index in [4.69, 9.17) is 0 Å². The first kappa shape index (κ1) is 12.9. The van der Waals surface area contributed by atoms with Gasteiger partial charge in [0.25, 0.3) is 0 Å². The van der Waals surface area contributed by atoms with Crippen molar-refractivity contribution in [2.24, 2.45) is 5.92 Å². The molecule has 2 N–H and O–H groups in total. The third kappa shape index (κ3) is 2.59. The van der Waals surface area contributed by atoms with E-state index in [1.807, 2.05) is 16.8 Å². The van der Waals surface area contributed by atoms with E-state index in [1.54, 1.807) is 11.3 Å². The summed E-state index contributed by atoms with van der Waals surface area (Å²) < 4.78 is 0. The van der Waals surface area contributed by atoms with E-state index in [0.29, 0.717) is 18.5 Å². The van der Waals surface area contributed by atoms with Crippen molar-refractivity contribution in [2.45, 2.75) is 25.5 Å². The number of thiophene rings is 1. The van der Waals surface area contributed by atoms with E-state index in [0.717, 1.165) is 12.0 Å². The predicted octanol–water partition coefficient (Wildman–Crippen LogP) is 3.30. The Morgan fingerprint density at radius 2 is 2.21 bits per heavy atom. The molecule has 19 heavy (non-hydrogen) atoms. The fraction of sp³-hybridized carbons (Fsp3) is 0.375. The normalized spacial score (nSPS) is 23.3. The van der Waals surface area contributed by atoms with Crippen LogP contribution in [0.2, 0.25) is 0 Å². The second kappa shape index (κ2) is 5.45. The molecule has 1 aromatic heterocycles. The van der Waals surface area contributed by atoms with Crippen molar-refractivity contribution >= 4 is 11.3 Å². The van der Waals surface area contributed by atoms with Crippen LogP contribution >= 0.6 is 11.3 Å². The standard InChI is InChI=1S/C16H19NOS/c1-11-8-12-4-2-3-5-14(12)16(11)17-9-15(18)13-6-7-19-10-13/h2-7,10-11,15-18H,8-9H2,1H3. The molecule has 3 rings (SSSR count). The lowest BCUT2D eigenvalue weighted by Gasteiger charge is -2.20. The molecule has 0 saturated heterocycles. The Kier molecular flexibility index (Phi) is 3.69. The zero-order valence-electron chi connectivity index (χ0n) is 11.0. The van der Waals surface area contributed by atoms with Crippen molar-refractivity contribution in [1.29, 1.82) is 0 Å². The molecular formula is C16H19NOS. The molecule has 0 fully saturated rings. The maximum atomic E-state index is 10.1. The molecule has 2 nitrogen and oxygen atoms in total.